The summed E-state index contributed by atoms with van der Waals surface area (Å²) >= 11 is 0. The first-order valence-corrected chi connectivity index (χ1v) is 15.7. The summed E-state index contributed by atoms with van der Waals surface area (Å²) in [7, 11) is -4.01. The number of anilines is 1. The van der Waals surface area contributed by atoms with Crippen molar-refractivity contribution < 1.29 is 26.4 Å². The number of hydrogen-bond donors (Lipinski definition) is 0. The quantitative estimate of drug-likeness (QED) is 0.298. The first kappa shape index (κ1) is 29.5. The SMILES string of the molecule is C=CC(=O)N1CCN(c2nc(=O)n(-c3c(C4CC4)ccnc3S(C)(=O)=O)c3nc(-c4c(F)cccc4F)c(F)cc23)[C@@H](C)C1. The fourth-order valence-electron chi connectivity index (χ4n) is 5.70. The highest BCUT2D eigenvalue weighted by atomic mass is 32.2. The van der Waals surface area contributed by atoms with Crippen LogP contribution in [-0.4, -0.2) is 70.7 Å². The summed E-state index contributed by atoms with van der Waals surface area (Å²) in [5.41, 5.74) is -2.22. The Morgan fingerprint density at radius 1 is 1.07 bits per heavy atom. The third-order valence-corrected chi connectivity index (χ3v) is 8.90. The molecule has 1 aromatic carbocycles. The van der Waals surface area contributed by atoms with E-state index in [1.54, 1.807) is 22.8 Å². The normalized spacial score (nSPS) is 17.2. The van der Waals surface area contributed by atoms with Crippen LogP contribution in [0.25, 0.3) is 28.0 Å². The monoisotopic (exact) mass is 624 g/mol. The van der Waals surface area contributed by atoms with Crippen LogP contribution in [0.5, 0.6) is 0 Å². The summed E-state index contributed by atoms with van der Waals surface area (Å²) in [5, 5.41) is -0.405. The fourth-order valence-corrected chi connectivity index (χ4v) is 6.51. The molecule has 2 aliphatic rings. The van der Waals surface area contributed by atoms with Crippen LogP contribution in [0.3, 0.4) is 0 Å². The van der Waals surface area contributed by atoms with Crippen molar-refractivity contribution in [3.63, 3.8) is 0 Å². The molecular weight excluding hydrogens is 597 g/mol. The molecule has 0 bridgehead atoms. The number of benzene rings is 1. The van der Waals surface area contributed by atoms with Crippen molar-refractivity contribution in [2.75, 3.05) is 30.8 Å². The number of piperazine rings is 1. The van der Waals surface area contributed by atoms with Gasteiger partial charge in [0.25, 0.3) is 0 Å². The van der Waals surface area contributed by atoms with E-state index in [9.17, 15) is 26.8 Å². The lowest BCUT2D eigenvalue weighted by Gasteiger charge is -2.40. The highest BCUT2D eigenvalue weighted by molar-refractivity contribution is 7.90. The van der Waals surface area contributed by atoms with Crippen LogP contribution in [0.2, 0.25) is 0 Å². The van der Waals surface area contributed by atoms with Crippen LogP contribution in [0.1, 0.15) is 31.2 Å². The molecule has 1 saturated carbocycles. The average Bonchev–Trinajstić information content (AvgIpc) is 3.82. The third kappa shape index (κ3) is 5.02. The van der Waals surface area contributed by atoms with Gasteiger partial charge in [-0.05, 0) is 61.6 Å². The van der Waals surface area contributed by atoms with Crippen LogP contribution in [0, 0.1) is 17.5 Å². The smallest absolute Gasteiger partial charge is 0.350 e. The van der Waals surface area contributed by atoms with Gasteiger partial charge in [-0.2, -0.15) is 4.98 Å². The van der Waals surface area contributed by atoms with Crippen LogP contribution in [0.4, 0.5) is 19.0 Å². The van der Waals surface area contributed by atoms with Gasteiger partial charge in [0.05, 0.1) is 16.6 Å². The van der Waals surface area contributed by atoms with Crippen molar-refractivity contribution in [1.82, 2.24) is 24.4 Å². The predicted octanol–water partition coefficient (Wildman–Crippen LogP) is 3.76. The number of nitrogens with zero attached hydrogens (tertiary/aromatic N) is 6. The number of aromatic nitrogens is 4. The molecule has 1 amide bonds. The van der Waals surface area contributed by atoms with Gasteiger partial charge >= 0.3 is 5.69 Å². The summed E-state index contributed by atoms with van der Waals surface area (Å²) in [4.78, 5) is 42.2. The number of sulfone groups is 1. The molecule has 1 atom stereocenters. The molecule has 0 spiro atoms. The van der Waals surface area contributed by atoms with Crippen molar-refractivity contribution in [3.8, 4) is 16.9 Å². The van der Waals surface area contributed by atoms with Crippen molar-refractivity contribution in [2.24, 2.45) is 0 Å². The zero-order valence-corrected chi connectivity index (χ0v) is 24.6. The number of carbonyl (C=O) groups excluding carboxylic acids is 1. The Morgan fingerprint density at radius 2 is 1.77 bits per heavy atom. The van der Waals surface area contributed by atoms with E-state index in [4.69, 9.17) is 0 Å². The second kappa shape index (κ2) is 10.8. The van der Waals surface area contributed by atoms with Gasteiger partial charge < -0.3 is 9.80 Å². The topological polar surface area (TPSA) is 118 Å². The van der Waals surface area contributed by atoms with Gasteiger partial charge in [-0.15, -0.1) is 0 Å². The Bertz CT molecular complexity index is 2010. The molecule has 14 heteroatoms. The Morgan fingerprint density at radius 3 is 2.39 bits per heavy atom. The standard InChI is InChI=1S/C30H27F3N6O4S/c1-4-23(40)37-12-13-38(16(2)15-37)27-19-14-22(33)25(24-20(31)6-5-7-21(24)32)35-28(19)39(30(41)36-27)26-18(17-8-9-17)10-11-34-29(26)44(3,42)43/h4-7,10-11,14,16-17H,1,8-9,12-13,15H2,2-3H3/t16-/m0/s1. The van der Waals surface area contributed by atoms with Gasteiger partial charge in [-0.3, -0.25) is 4.79 Å². The van der Waals surface area contributed by atoms with Gasteiger partial charge in [0.15, 0.2) is 26.3 Å². The molecule has 1 aliphatic heterocycles. The molecule has 0 unspecified atom stereocenters. The Kier molecular flexibility index (Phi) is 7.26. The Labute approximate surface area is 250 Å². The lowest BCUT2D eigenvalue weighted by molar-refractivity contribution is -0.126. The second-order valence-corrected chi connectivity index (χ2v) is 12.9. The molecule has 44 heavy (non-hydrogen) atoms. The molecule has 4 heterocycles. The van der Waals surface area contributed by atoms with E-state index in [1.807, 2.05) is 0 Å². The maximum absolute atomic E-state index is 15.8. The summed E-state index contributed by atoms with van der Waals surface area (Å²) in [6.45, 7) is 6.03. The molecule has 4 aromatic rings. The van der Waals surface area contributed by atoms with E-state index >= 15 is 4.39 Å². The number of amides is 1. The fraction of sp³-hybridized carbons (Fsp3) is 0.300. The summed E-state index contributed by atoms with van der Waals surface area (Å²) in [6.07, 6.45) is 4.95. The van der Waals surface area contributed by atoms with Crippen molar-refractivity contribution in [2.45, 2.75) is 36.8 Å². The second-order valence-electron chi connectivity index (χ2n) is 11.0. The van der Waals surface area contributed by atoms with Crippen LogP contribution in [-0.2, 0) is 14.6 Å². The Balaban J connectivity index is 1.69. The van der Waals surface area contributed by atoms with Gasteiger partial charge in [0.2, 0.25) is 5.91 Å². The molecule has 1 saturated heterocycles. The maximum atomic E-state index is 15.8. The van der Waals surface area contributed by atoms with E-state index in [1.165, 1.54) is 12.3 Å². The van der Waals surface area contributed by atoms with Gasteiger partial charge in [0, 0.05) is 38.1 Å². The molecule has 3 aromatic heterocycles. The van der Waals surface area contributed by atoms with Crippen LogP contribution in [0.15, 0.2) is 59.0 Å². The summed E-state index contributed by atoms with van der Waals surface area (Å²) in [5.74, 6) is -3.55. The first-order chi connectivity index (χ1) is 20.9. The zero-order valence-electron chi connectivity index (χ0n) is 23.8. The zero-order chi connectivity index (χ0) is 31.5. The minimum absolute atomic E-state index is 0.00277. The van der Waals surface area contributed by atoms with E-state index < -0.39 is 55.3 Å². The molecule has 1 aliphatic carbocycles. The lowest BCUT2D eigenvalue weighted by atomic mass is 10.1. The van der Waals surface area contributed by atoms with Crippen LogP contribution >= 0.6 is 0 Å². The molecular formula is C30H27F3N6O4S. The van der Waals surface area contributed by atoms with Gasteiger partial charge in [-0.1, -0.05) is 12.6 Å². The predicted molar refractivity (Wildman–Crippen MR) is 157 cm³/mol. The minimum atomic E-state index is -4.01. The molecule has 0 N–H and O–H groups in total. The molecule has 228 valence electrons. The summed E-state index contributed by atoms with van der Waals surface area (Å²) in [6, 6.07) is 5.23. The van der Waals surface area contributed by atoms with Crippen molar-refractivity contribution >= 4 is 32.6 Å². The molecule has 2 fully saturated rings. The van der Waals surface area contributed by atoms with Gasteiger partial charge in [0.1, 0.15) is 23.1 Å². The van der Waals surface area contributed by atoms with Gasteiger partial charge in [-0.25, -0.2) is 40.9 Å². The maximum Gasteiger partial charge on any atom is 0.355 e. The van der Waals surface area contributed by atoms with Crippen LogP contribution < -0.4 is 10.6 Å². The summed E-state index contributed by atoms with van der Waals surface area (Å²) < 4.78 is 72.5. The highest BCUT2D eigenvalue weighted by Crippen LogP contribution is 2.44. The number of pyridine rings is 2. The largest absolute Gasteiger partial charge is 0.355 e. The highest BCUT2D eigenvalue weighted by Gasteiger charge is 2.34. The first-order valence-electron chi connectivity index (χ1n) is 13.9. The van der Waals surface area contributed by atoms with E-state index in [0.29, 0.717) is 5.56 Å². The number of carbonyl (C=O) groups is 1. The van der Waals surface area contributed by atoms with Crippen molar-refractivity contribution in [3.05, 3.63) is 82.7 Å². The molecule has 0 radical (unpaired) electrons. The molecule has 10 nitrogen and oxygen atoms in total. The van der Waals surface area contributed by atoms with E-state index in [0.717, 1.165) is 47.9 Å². The number of halogens is 3. The van der Waals surface area contributed by atoms with Crippen molar-refractivity contribution in [1.29, 1.82) is 0 Å². The van der Waals surface area contributed by atoms with E-state index in [2.05, 4.69) is 21.5 Å². The lowest BCUT2D eigenvalue weighted by Crippen LogP contribution is -2.54. The van der Waals surface area contributed by atoms with E-state index in [-0.39, 0.29) is 54.0 Å². The average molecular weight is 625 g/mol. The third-order valence-electron chi connectivity index (χ3n) is 7.90. The molecule has 6 rings (SSSR count). The minimum Gasteiger partial charge on any atom is -0.350 e. The number of hydrogen-bond acceptors (Lipinski definition) is 8. The Hall–Kier alpha value is -4.59. The number of fused-ring (bicyclic) bond motifs is 1. The number of rotatable bonds is 6.